The Morgan fingerprint density at radius 2 is 1.77 bits per heavy atom. The number of rotatable bonds is 7. The summed E-state index contributed by atoms with van der Waals surface area (Å²) in [6.45, 7) is 4.93. The van der Waals surface area contributed by atoms with E-state index in [1.807, 2.05) is 26.0 Å². The summed E-state index contributed by atoms with van der Waals surface area (Å²) in [5.41, 5.74) is 0.214. The molecule has 2 aromatic carbocycles. The number of carbonyl (C=O) groups is 1. The van der Waals surface area contributed by atoms with Crippen molar-refractivity contribution in [2.75, 3.05) is 12.0 Å². The number of benzene rings is 2. The van der Waals surface area contributed by atoms with Gasteiger partial charge in [0.15, 0.2) is 11.6 Å². The summed E-state index contributed by atoms with van der Waals surface area (Å²) in [5, 5.41) is 14.0. The van der Waals surface area contributed by atoms with Crippen LogP contribution in [0.5, 0.6) is 5.75 Å². The molecule has 1 heterocycles. The lowest BCUT2D eigenvalue weighted by Gasteiger charge is -2.39. The lowest BCUT2D eigenvalue weighted by Crippen LogP contribution is -2.44. The van der Waals surface area contributed by atoms with Crippen molar-refractivity contribution in [1.82, 2.24) is 0 Å². The van der Waals surface area contributed by atoms with Gasteiger partial charge >= 0.3 is 7.60 Å². The molecule has 1 aliphatic heterocycles. The van der Waals surface area contributed by atoms with Crippen LogP contribution in [-0.2, 0) is 24.8 Å². The van der Waals surface area contributed by atoms with Crippen LogP contribution in [0.1, 0.15) is 50.7 Å². The highest BCUT2D eigenvalue weighted by molar-refractivity contribution is 7.90. The first-order valence-corrected chi connectivity index (χ1v) is 14.7. The number of ketones is 1. The zero-order valence-electron chi connectivity index (χ0n) is 19.6. The lowest BCUT2D eigenvalue weighted by molar-refractivity contribution is -0.121. The van der Waals surface area contributed by atoms with E-state index in [9.17, 15) is 27.8 Å². The molecule has 0 amide bonds. The summed E-state index contributed by atoms with van der Waals surface area (Å²) in [7, 11) is -8.24. The van der Waals surface area contributed by atoms with Crippen LogP contribution < -0.4 is 9.84 Å². The monoisotopic (exact) mass is 518 g/mol. The normalized spacial score (nSPS) is 19.7. The fourth-order valence-electron chi connectivity index (χ4n) is 4.90. The Kier molecular flexibility index (Phi) is 6.42. The van der Waals surface area contributed by atoms with Crippen LogP contribution in [-0.4, -0.2) is 36.7 Å². The van der Waals surface area contributed by atoms with E-state index in [4.69, 9.17) is 4.52 Å². The first kappa shape index (κ1) is 25.2. The predicted molar refractivity (Wildman–Crippen MR) is 134 cm³/mol. The van der Waals surface area contributed by atoms with Crippen LogP contribution >= 0.6 is 7.60 Å². The number of Topliss-reactive ketones (excluding diaryl/α,β-unsaturated/α-hetero) is 1. The second-order valence-electron chi connectivity index (χ2n) is 8.77. The second kappa shape index (κ2) is 8.93. The van der Waals surface area contributed by atoms with E-state index in [-0.39, 0.29) is 39.3 Å². The number of aliphatic hydroxyl groups excluding tert-OH is 1. The van der Waals surface area contributed by atoms with Crippen LogP contribution in [0.3, 0.4) is 0 Å². The minimum atomic E-state index is -4.33. The number of aliphatic hydroxyl groups is 1. The number of carbonyl (C=O) groups excluding carboxylic acids is 1. The predicted octanol–water partition coefficient (Wildman–Crippen LogP) is 4.78. The Balaban J connectivity index is 1.88. The Morgan fingerprint density at radius 3 is 2.40 bits per heavy atom. The van der Waals surface area contributed by atoms with E-state index < -0.39 is 23.0 Å². The average molecular weight is 519 g/mol. The molecule has 0 saturated heterocycles. The van der Waals surface area contributed by atoms with Gasteiger partial charge in [-0.05, 0) is 30.5 Å². The quantitative estimate of drug-likeness (QED) is 0.445. The minimum absolute atomic E-state index is 0.106. The van der Waals surface area contributed by atoms with Gasteiger partial charge in [-0.3, -0.25) is 4.79 Å². The number of nitrogens with zero attached hydrogens (tertiary/aromatic N) is 1. The van der Waals surface area contributed by atoms with Gasteiger partial charge in [0.2, 0.25) is 0 Å². The third kappa shape index (κ3) is 4.42. The smallest absolute Gasteiger partial charge is 0.373 e. The van der Waals surface area contributed by atoms with Gasteiger partial charge in [-0.15, -0.1) is 4.40 Å². The number of sulfonamides is 1. The maximum Gasteiger partial charge on any atom is 0.373 e. The van der Waals surface area contributed by atoms with Gasteiger partial charge in [-0.25, -0.2) is 4.57 Å². The van der Waals surface area contributed by atoms with Gasteiger partial charge in [0.1, 0.15) is 22.0 Å². The Morgan fingerprint density at radius 1 is 1.11 bits per heavy atom. The molecule has 0 bridgehead atoms. The molecular formula is C24H27N2O7PS. The van der Waals surface area contributed by atoms with Crippen molar-refractivity contribution in [3.63, 3.8) is 0 Å². The van der Waals surface area contributed by atoms with Crippen LogP contribution in [0.4, 0.5) is 5.69 Å². The molecule has 2 aromatic rings. The van der Waals surface area contributed by atoms with Crippen molar-refractivity contribution < 1.29 is 32.3 Å². The molecule has 2 aliphatic rings. The highest BCUT2D eigenvalue weighted by Gasteiger charge is 2.48. The van der Waals surface area contributed by atoms with E-state index in [1.54, 1.807) is 12.1 Å². The molecule has 0 radical (unpaired) electrons. The molecule has 0 saturated carbocycles. The van der Waals surface area contributed by atoms with Gasteiger partial charge in [-0.1, -0.05) is 51.0 Å². The molecule has 35 heavy (non-hydrogen) atoms. The number of anilines is 1. The second-order valence-corrected chi connectivity index (χ2v) is 12.1. The van der Waals surface area contributed by atoms with E-state index in [2.05, 4.69) is 9.71 Å². The van der Waals surface area contributed by atoms with Crippen LogP contribution in [0.15, 0.2) is 57.3 Å². The molecule has 11 heteroatoms. The van der Waals surface area contributed by atoms with Crippen molar-refractivity contribution in [3.05, 3.63) is 59.2 Å². The summed E-state index contributed by atoms with van der Waals surface area (Å²) >= 11 is 0. The molecule has 1 atom stereocenters. The zero-order valence-corrected chi connectivity index (χ0v) is 21.3. The third-order valence-corrected chi connectivity index (χ3v) is 8.02. The molecule has 186 valence electrons. The molecule has 0 spiro atoms. The molecule has 9 nitrogen and oxygen atoms in total. The van der Waals surface area contributed by atoms with E-state index in [0.717, 1.165) is 18.3 Å². The van der Waals surface area contributed by atoms with E-state index in [0.29, 0.717) is 31.2 Å². The first-order chi connectivity index (χ1) is 16.4. The van der Waals surface area contributed by atoms with Gasteiger partial charge < -0.3 is 19.8 Å². The summed E-state index contributed by atoms with van der Waals surface area (Å²) in [6.07, 6.45) is 2.49. The van der Waals surface area contributed by atoms with Crippen molar-refractivity contribution in [3.8, 4) is 5.75 Å². The molecule has 0 fully saturated rings. The van der Waals surface area contributed by atoms with Gasteiger partial charge in [0.05, 0.1) is 11.1 Å². The standard InChI is InChI=1S/C24H27N2O7PS/c1-4-12-24(13-5-2)17-9-7-6-8-16(17)21(27)20(22(24)28)23-25-18-11-10-15(33-34(3,29)30)14-19(18)35(31,32)26-23/h6-11,14,27H,4-5,12-13H2,1-3H3,(H,25,26)(H,29,30). The summed E-state index contributed by atoms with van der Waals surface area (Å²) in [4.78, 5) is 23.2. The Hall–Kier alpha value is -2.94. The van der Waals surface area contributed by atoms with Crippen molar-refractivity contribution in [2.45, 2.75) is 49.8 Å². The number of hydrogen-bond donors (Lipinski definition) is 3. The van der Waals surface area contributed by atoms with Gasteiger partial charge in [0.25, 0.3) is 10.0 Å². The molecule has 1 aliphatic carbocycles. The Labute approximate surface area is 204 Å². The largest absolute Gasteiger partial charge is 0.506 e. The minimum Gasteiger partial charge on any atom is -0.506 e. The molecule has 4 rings (SSSR count). The van der Waals surface area contributed by atoms with Crippen LogP contribution in [0.25, 0.3) is 5.76 Å². The maximum atomic E-state index is 14.0. The zero-order chi connectivity index (χ0) is 25.6. The molecular weight excluding hydrogens is 491 g/mol. The highest BCUT2D eigenvalue weighted by Crippen LogP contribution is 2.47. The van der Waals surface area contributed by atoms with E-state index >= 15 is 0 Å². The van der Waals surface area contributed by atoms with Crippen molar-refractivity contribution in [2.24, 2.45) is 4.40 Å². The fourth-order valence-corrected chi connectivity index (χ4v) is 6.55. The molecule has 0 aromatic heterocycles. The van der Waals surface area contributed by atoms with Gasteiger partial charge in [0, 0.05) is 18.3 Å². The molecule has 1 unspecified atom stereocenters. The van der Waals surface area contributed by atoms with Crippen molar-refractivity contribution in [1.29, 1.82) is 0 Å². The maximum absolute atomic E-state index is 14.0. The van der Waals surface area contributed by atoms with E-state index in [1.165, 1.54) is 12.1 Å². The summed E-state index contributed by atoms with van der Waals surface area (Å²) in [6, 6.07) is 10.9. The van der Waals surface area contributed by atoms with Crippen LogP contribution in [0, 0.1) is 0 Å². The number of hydrogen-bond acceptors (Lipinski definition) is 7. The fraction of sp³-hybridized carbons (Fsp3) is 0.333. The summed E-state index contributed by atoms with van der Waals surface area (Å²) < 4.78 is 46.5. The van der Waals surface area contributed by atoms with Crippen LogP contribution in [0.2, 0.25) is 0 Å². The lowest BCUT2D eigenvalue weighted by atomic mass is 9.63. The average Bonchev–Trinajstić information content (AvgIpc) is 2.77. The Bertz CT molecular complexity index is 1420. The number of amidine groups is 1. The number of fused-ring (bicyclic) bond motifs is 2. The first-order valence-electron chi connectivity index (χ1n) is 11.3. The highest BCUT2D eigenvalue weighted by atomic mass is 32.2. The van der Waals surface area contributed by atoms with Gasteiger partial charge in [-0.2, -0.15) is 8.42 Å². The third-order valence-electron chi connectivity index (χ3n) is 6.16. The van der Waals surface area contributed by atoms with Crippen molar-refractivity contribution >= 4 is 40.7 Å². The summed E-state index contributed by atoms with van der Waals surface area (Å²) in [5.74, 6) is -1.08. The number of nitrogens with one attached hydrogen (secondary N) is 1. The SMILES string of the molecule is CCCC1(CCC)C(=O)C(C2=NS(=O)(=O)c3cc(OP(C)(=O)O)ccc3N2)=C(O)c2ccccc21. The topological polar surface area (TPSA) is 142 Å². The molecule has 3 N–H and O–H groups in total.